The van der Waals surface area contributed by atoms with Crippen molar-refractivity contribution < 1.29 is 9.47 Å². The molecule has 0 N–H and O–H groups in total. The average Bonchev–Trinajstić information content (AvgIpc) is 2.86. The van der Waals surface area contributed by atoms with E-state index in [-0.39, 0.29) is 6.71 Å². The number of rotatable bonds is 1. The van der Waals surface area contributed by atoms with Gasteiger partial charge in [0.25, 0.3) is 6.71 Å². The zero-order chi connectivity index (χ0) is 23.9. The fourth-order valence-electron chi connectivity index (χ4n) is 6.33. The zero-order valence-corrected chi connectivity index (χ0v) is 22.8. The second kappa shape index (κ2) is 7.25. The van der Waals surface area contributed by atoms with Crippen LogP contribution in [0.2, 0.25) is 38.3 Å². The Morgan fingerprint density at radius 2 is 1.11 bits per heavy atom. The molecular formula is C30H29BO2Si2. The van der Waals surface area contributed by atoms with Crippen LogP contribution < -0.4 is 36.2 Å². The van der Waals surface area contributed by atoms with E-state index < -0.39 is 16.1 Å². The van der Waals surface area contributed by atoms with Gasteiger partial charge in [-0.2, -0.15) is 0 Å². The standard InChI is InChI=1S/C30H29BO2Si2/c1-34(2)15-16-35(3,4)29-19-20(13-14-28(29)34)21-17-26-30-27(18-21)33-25-12-8-6-10-23(25)31(30)22-9-5-7-11-24(22)32-26/h5-14,17-19H,15-16H2,1-4H3. The summed E-state index contributed by atoms with van der Waals surface area (Å²) in [5.41, 5.74) is 6.01. The molecule has 0 unspecified atom stereocenters. The van der Waals surface area contributed by atoms with Gasteiger partial charge in [0.2, 0.25) is 0 Å². The largest absolute Gasteiger partial charge is 0.458 e. The van der Waals surface area contributed by atoms with Crippen LogP contribution in [0.25, 0.3) is 11.1 Å². The molecule has 2 nitrogen and oxygen atoms in total. The van der Waals surface area contributed by atoms with Crippen LogP contribution in [0.5, 0.6) is 23.0 Å². The molecule has 3 heterocycles. The molecule has 0 aliphatic carbocycles. The van der Waals surface area contributed by atoms with E-state index in [1.54, 1.807) is 10.4 Å². The number of hydrogen-bond donors (Lipinski definition) is 0. The lowest BCUT2D eigenvalue weighted by molar-refractivity contribution is 0.465. The van der Waals surface area contributed by atoms with E-state index in [1.165, 1.54) is 34.1 Å². The van der Waals surface area contributed by atoms with E-state index in [9.17, 15) is 0 Å². The first-order valence-corrected chi connectivity index (χ1v) is 19.1. The Hall–Kier alpha value is -3.02. The summed E-state index contributed by atoms with van der Waals surface area (Å²) in [6.45, 7) is 10.3. The maximum Gasteiger partial charge on any atom is 0.260 e. The molecular weight excluding hydrogens is 459 g/mol. The third kappa shape index (κ3) is 3.14. The Morgan fingerprint density at radius 3 is 1.71 bits per heavy atom. The second-order valence-corrected chi connectivity index (χ2v) is 21.2. The van der Waals surface area contributed by atoms with E-state index in [0.29, 0.717) is 0 Å². The van der Waals surface area contributed by atoms with E-state index in [0.717, 1.165) is 28.5 Å². The maximum atomic E-state index is 6.52. The molecule has 0 amide bonds. The Bertz CT molecular complexity index is 1450. The summed E-state index contributed by atoms with van der Waals surface area (Å²) in [4.78, 5) is 0. The van der Waals surface area contributed by atoms with Crippen molar-refractivity contribution in [2.45, 2.75) is 38.3 Å². The highest BCUT2D eigenvalue weighted by atomic mass is 28.3. The van der Waals surface area contributed by atoms with Gasteiger partial charge in [-0.1, -0.05) is 103 Å². The first-order chi connectivity index (χ1) is 16.8. The normalized spacial score (nSPS) is 17.8. The highest BCUT2D eigenvalue weighted by molar-refractivity contribution is 7.03. The number of para-hydroxylation sites is 2. The van der Waals surface area contributed by atoms with Gasteiger partial charge in [-0.3, -0.25) is 0 Å². The molecule has 3 aliphatic rings. The van der Waals surface area contributed by atoms with Crippen molar-refractivity contribution in [2.75, 3.05) is 0 Å². The van der Waals surface area contributed by atoms with Crippen LogP contribution in [-0.4, -0.2) is 22.9 Å². The van der Waals surface area contributed by atoms with Gasteiger partial charge in [0.1, 0.15) is 23.0 Å². The van der Waals surface area contributed by atoms with Crippen LogP contribution in [-0.2, 0) is 0 Å². The molecule has 0 bridgehead atoms. The summed E-state index contributed by atoms with van der Waals surface area (Å²) in [7, 11) is -2.80. The summed E-state index contributed by atoms with van der Waals surface area (Å²) >= 11 is 0. The fraction of sp³-hybridized carbons (Fsp3) is 0.200. The monoisotopic (exact) mass is 488 g/mol. The molecule has 35 heavy (non-hydrogen) atoms. The lowest BCUT2D eigenvalue weighted by Crippen LogP contribution is -2.63. The molecule has 172 valence electrons. The zero-order valence-electron chi connectivity index (χ0n) is 20.8. The highest BCUT2D eigenvalue weighted by Crippen LogP contribution is 2.38. The van der Waals surface area contributed by atoms with E-state index in [1.807, 2.05) is 0 Å². The Labute approximate surface area is 210 Å². The Balaban J connectivity index is 1.43. The lowest BCUT2D eigenvalue weighted by atomic mass is 9.35. The lowest BCUT2D eigenvalue weighted by Gasteiger charge is -2.40. The van der Waals surface area contributed by atoms with E-state index in [2.05, 4.69) is 105 Å². The molecule has 0 spiro atoms. The molecule has 0 saturated carbocycles. The van der Waals surface area contributed by atoms with Crippen LogP contribution in [0.3, 0.4) is 0 Å². The molecule has 5 heteroatoms. The molecule has 4 aromatic carbocycles. The predicted molar refractivity (Wildman–Crippen MR) is 153 cm³/mol. The van der Waals surface area contributed by atoms with Gasteiger partial charge in [-0.05, 0) is 46.3 Å². The van der Waals surface area contributed by atoms with Crippen molar-refractivity contribution in [2.24, 2.45) is 0 Å². The summed E-state index contributed by atoms with van der Waals surface area (Å²) in [5.74, 6) is 3.72. The molecule has 7 rings (SSSR count). The van der Waals surface area contributed by atoms with Crippen molar-refractivity contribution in [1.29, 1.82) is 0 Å². The first-order valence-electron chi connectivity index (χ1n) is 12.7. The van der Waals surface area contributed by atoms with Gasteiger partial charge >= 0.3 is 0 Å². The minimum Gasteiger partial charge on any atom is -0.458 e. The van der Waals surface area contributed by atoms with Gasteiger partial charge in [0, 0.05) is 5.46 Å². The van der Waals surface area contributed by atoms with Crippen LogP contribution in [0.15, 0.2) is 78.9 Å². The van der Waals surface area contributed by atoms with Gasteiger partial charge in [0.15, 0.2) is 0 Å². The number of fused-ring (bicyclic) bond motifs is 5. The molecule has 4 aromatic rings. The SMILES string of the molecule is C[Si]1(C)CC[Si](C)(C)c2cc(-c3cc4c5c(c3)Oc3ccccc3B5c3ccccc3O4)ccc21. The third-order valence-electron chi connectivity index (χ3n) is 8.48. The van der Waals surface area contributed by atoms with Crippen LogP contribution in [0.1, 0.15) is 0 Å². The van der Waals surface area contributed by atoms with Crippen molar-refractivity contribution >= 4 is 49.6 Å². The van der Waals surface area contributed by atoms with Crippen LogP contribution >= 0.6 is 0 Å². The highest BCUT2D eigenvalue weighted by Gasteiger charge is 2.41. The quantitative estimate of drug-likeness (QED) is 0.306. The van der Waals surface area contributed by atoms with Crippen molar-refractivity contribution in [3.8, 4) is 34.1 Å². The van der Waals surface area contributed by atoms with Crippen LogP contribution in [0, 0.1) is 0 Å². The van der Waals surface area contributed by atoms with Crippen molar-refractivity contribution in [3.05, 3.63) is 78.9 Å². The molecule has 3 aliphatic heterocycles. The third-order valence-corrected chi connectivity index (χ3v) is 16.0. The number of benzene rings is 4. The van der Waals surface area contributed by atoms with Crippen molar-refractivity contribution in [3.63, 3.8) is 0 Å². The summed E-state index contributed by atoms with van der Waals surface area (Å²) < 4.78 is 13.0. The molecule has 0 atom stereocenters. The van der Waals surface area contributed by atoms with E-state index in [4.69, 9.17) is 9.47 Å². The number of hydrogen-bond acceptors (Lipinski definition) is 2. The average molecular weight is 489 g/mol. The minimum absolute atomic E-state index is 0.130. The Kier molecular flexibility index (Phi) is 4.41. The number of ether oxygens (including phenoxy) is 2. The summed E-state index contributed by atoms with van der Waals surface area (Å²) in [5, 5.41) is 3.35. The molecule has 0 saturated heterocycles. The molecule has 0 radical (unpaired) electrons. The Morgan fingerprint density at radius 1 is 0.571 bits per heavy atom. The second-order valence-electron chi connectivity index (χ2n) is 11.6. The summed E-state index contributed by atoms with van der Waals surface area (Å²) in [6, 6.07) is 31.4. The molecule has 0 aromatic heterocycles. The van der Waals surface area contributed by atoms with Crippen molar-refractivity contribution in [1.82, 2.24) is 0 Å². The first kappa shape index (κ1) is 21.3. The summed E-state index contributed by atoms with van der Waals surface area (Å²) in [6.07, 6.45) is 0. The molecule has 0 fully saturated rings. The van der Waals surface area contributed by atoms with Gasteiger partial charge in [-0.15, -0.1) is 0 Å². The van der Waals surface area contributed by atoms with Gasteiger partial charge in [0.05, 0.1) is 16.1 Å². The predicted octanol–water partition coefficient (Wildman–Crippen LogP) is 4.93. The van der Waals surface area contributed by atoms with Gasteiger partial charge < -0.3 is 9.47 Å². The minimum atomic E-state index is -1.44. The fourth-order valence-corrected chi connectivity index (χ4v) is 16.6. The van der Waals surface area contributed by atoms with Gasteiger partial charge in [-0.25, -0.2) is 0 Å². The topological polar surface area (TPSA) is 18.5 Å². The van der Waals surface area contributed by atoms with E-state index >= 15 is 0 Å². The smallest absolute Gasteiger partial charge is 0.260 e. The van der Waals surface area contributed by atoms with Crippen LogP contribution in [0.4, 0.5) is 0 Å². The maximum absolute atomic E-state index is 6.52.